The molecule has 1 aromatic rings. The van der Waals surface area contributed by atoms with Crippen LogP contribution in [0.1, 0.15) is 11.7 Å². The summed E-state index contributed by atoms with van der Waals surface area (Å²) < 4.78 is 18.6. The third kappa shape index (κ3) is 1.44. The lowest BCUT2D eigenvalue weighted by Crippen LogP contribution is -1.99. The molecule has 0 radical (unpaired) electrons. The smallest absolute Gasteiger partial charge is 0.131 e. The minimum atomic E-state index is -0.483. The van der Waals surface area contributed by atoms with Crippen LogP contribution in [-0.4, -0.2) is 6.61 Å². The second-order valence-electron chi connectivity index (χ2n) is 2.95. The van der Waals surface area contributed by atoms with Crippen LogP contribution in [0.2, 0.25) is 0 Å². The van der Waals surface area contributed by atoms with Gasteiger partial charge in [0.2, 0.25) is 0 Å². The molecule has 1 atom stereocenters. The van der Waals surface area contributed by atoms with Gasteiger partial charge in [0, 0.05) is 5.56 Å². The highest BCUT2D eigenvalue weighted by Crippen LogP contribution is 2.33. The van der Waals surface area contributed by atoms with Crippen molar-refractivity contribution in [3.8, 4) is 0 Å². The number of hydrogen-bond acceptors (Lipinski definition) is 3. The SMILES string of the molecule is O=Nc1cccc(F)c1C1C=CCO1. The molecule has 1 aromatic carbocycles. The molecule has 1 heterocycles. The molecule has 3 nitrogen and oxygen atoms in total. The topological polar surface area (TPSA) is 38.7 Å². The first-order chi connectivity index (χ1) is 6.83. The first-order valence-corrected chi connectivity index (χ1v) is 4.23. The third-order valence-corrected chi connectivity index (χ3v) is 2.10. The van der Waals surface area contributed by atoms with Crippen molar-refractivity contribution >= 4 is 5.69 Å². The molecule has 1 unspecified atom stereocenters. The fourth-order valence-electron chi connectivity index (χ4n) is 1.46. The van der Waals surface area contributed by atoms with Gasteiger partial charge in [-0.2, -0.15) is 0 Å². The Morgan fingerprint density at radius 1 is 1.50 bits per heavy atom. The molecule has 0 fully saturated rings. The first-order valence-electron chi connectivity index (χ1n) is 4.23. The highest BCUT2D eigenvalue weighted by atomic mass is 19.1. The predicted octanol–water partition coefficient (Wildman–Crippen LogP) is 2.85. The number of ether oxygens (including phenoxy) is 1. The summed E-state index contributed by atoms with van der Waals surface area (Å²) in [7, 11) is 0. The molecule has 0 spiro atoms. The Morgan fingerprint density at radius 3 is 3.00 bits per heavy atom. The zero-order valence-corrected chi connectivity index (χ0v) is 7.31. The van der Waals surface area contributed by atoms with Crippen molar-refractivity contribution in [3.63, 3.8) is 0 Å². The highest BCUT2D eigenvalue weighted by molar-refractivity contribution is 5.49. The monoisotopic (exact) mass is 193 g/mol. The molecule has 0 saturated heterocycles. The van der Waals surface area contributed by atoms with E-state index >= 15 is 0 Å². The van der Waals surface area contributed by atoms with Crippen molar-refractivity contribution in [1.29, 1.82) is 0 Å². The highest BCUT2D eigenvalue weighted by Gasteiger charge is 2.20. The van der Waals surface area contributed by atoms with E-state index < -0.39 is 11.9 Å². The summed E-state index contributed by atoms with van der Waals surface area (Å²) in [6.45, 7) is 0.442. The molecule has 1 aliphatic rings. The molecular weight excluding hydrogens is 185 g/mol. The van der Waals surface area contributed by atoms with Gasteiger partial charge < -0.3 is 4.74 Å². The minimum Gasteiger partial charge on any atom is -0.365 e. The summed E-state index contributed by atoms with van der Waals surface area (Å²) >= 11 is 0. The summed E-state index contributed by atoms with van der Waals surface area (Å²) in [5.41, 5.74) is 0.317. The average Bonchev–Trinajstić information content (AvgIpc) is 2.70. The Labute approximate surface area is 80.2 Å². The van der Waals surface area contributed by atoms with Crippen LogP contribution in [0.15, 0.2) is 35.5 Å². The molecule has 4 heteroatoms. The van der Waals surface area contributed by atoms with E-state index in [1.54, 1.807) is 12.2 Å². The van der Waals surface area contributed by atoms with Gasteiger partial charge in [0.05, 0.1) is 6.61 Å². The summed E-state index contributed by atoms with van der Waals surface area (Å²) in [4.78, 5) is 10.4. The number of nitroso groups, excluding NO2 is 1. The largest absolute Gasteiger partial charge is 0.365 e. The van der Waals surface area contributed by atoms with E-state index in [9.17, 15) is 9.30 Å². The van der Waals surface area contributed by atoms with Crippen molar-refractivity contribution in [2.45, 2.75) is 6.10 Å². The van der Waals surface area contributed by atoms with Crippen molar-refractivity contribution in [3.05, 3.63) is 46.6 Å². The normalized spacial score (nSPS) is 19.9. The summed E-state index contributed by atoms with van der Waals surface area (Å²) in [5.74, 6) is -0.460. The van der Waals surface area contributed by atoms with E-state index in [2.05, 4.69) is 5.18 Å². The molecule has 0 saturated carbocycles. The Hall–Kier alpha value is -1.55. The molecule has 0 aromatic heterocycles. The van der Waals surface area contributed by atoms with Crippen LogP contribution >= 0.6 is 0 Å². The summed E-state index contributed by atoms with van der Waals surface area (Å²) in [6, 6.07) is 4.22. The summed E-state index contributed by atoms with van der Waals surface area (Å²) in [5, 5.41) is 2.77. The lowest BCUT2D eigenvalue weighted by atomic mass is 10.1. The maximum atomic E-state index is 13.4. The fraction of sp³-hybridized carbons (Fsp3) is 0.200. The van der Waals surface area contributed by atoms with Crippen molar-refractivity contribution in [2.24, 2.45) is 5.18 Å². The standard InChI is InChI=1S/C10H8FNO2/c11-7-3-1-4-8(12-13)10(7)9-5-2-6-14-9/h1-5,9H,6H2. The minimum absolute atomic E-state index is 0.0987. The number of hydrogen-bond donors (Lipinski definition) is 0. The van der Waals surface area contributed by atoms with Gasteiger partial charge in [-0.3, -0.25) is 0 Å². The van der Waals surface area contributed by atoms with Crippen LogP contribution in [0.5, 0.6) is 0 Å². The number of benzene rings is 1. The average molecular weight is 193 g/mol. The Balaban J connectivity index is 2.48. The molecule has 1 aliphatic heterocycles. The van der Waals surface area contributed by atoms with Crippen LogP contribution in [-0.2, 0) is 4.74 Å². The van der Waals surface area contributed by atoms with Gasteiger partial charge in [-0.05, 0) is 17.3 Å². The molecule has 0 aliphatic carbocycles. The van der Waals surface area contributed by atoms with Gasteiger partial charge in [0.15, 0.2) is 0 Å². The maximum Gasteiger partial charge on any atom is 0.131 e. The van der Waals surface area contributed by atoms with E-state index in [0.717, 1.165) is 0 Å². The van der Waals surface area contributed by atoms with Crippen LogP contribution in [0.3, 0.4) is 0 Å². The zero-order valence-electron chi connectivity index (χ0n) is 7.31. The van der Waals surface area contributed by atoms with Crippen molar-refractivity contribution < 1.29 is 9.13 Å². The lowest BCUT2D eigenvalue weighted by molar-refractivity contribution is 0.127. The number of nitrogens with zero attached hydrogens (tertiary/aromatic N) is 1. The molecule has 0 N–H and O–H groups in total. The predicted molar refractivity (Wildman–Crippen MR) is 49.7 cm³/mol. The molecule has 72 valence electrons. The van der Waals surface area contributed by atoms with Gasteiger partial charge in [-0.15, -0.1) is 4.91 Å². The summed E-state index contributed by atoms with van der Waals surface area (Å²) in [6.07, 6.45) is 3.02. The lowest BCUT2D eigenvalue weighted by Gasteiger charge is -2.10. The van der Waals surface area contributed by atoms with E-state index in [1.165, 1.54) is 18.2 Å². The van der Waals surface area contributed by atoms with Crippen LogP contribution in [0, 0.1) is 10.7 Å². The quantitative estimate of drug-likeness (QED) is 0.535. The van der Waals surface area contributed by atoms with Gasteiger partial charge in [-0.1, -0.05) is 18.2 Å². The van der Waals surface area contributed by atoms with Gasteiger partial charge in [0.1, 0.15) is 17.6 Å². The number of halogens is 1. The second kappa shape index (κ2) is 3.67. The van der Waals surface area contributed by atoms with Crippen LogP contribution in [0.4, 0.5) is 10.1 Å². The molecular formula is C10H8FNO2. The van der Waals surface area contributed by atoms with Crippen molar-refractivity contribution in [1.82, 2.24) is 0 Å². The maximum absolute atomic E-state index is 13.4. The Kier molecular flexibility index (Phi) is 2.37. The fourth-order valence-corrected chi connectivity index (χ4v) is 1.46. The van der Waals surface area contributed by atoms with E-state index in [4.69, 9.17) is 4.74 Å². The van der Waals surface area contributed by atoms with Crippen molar-refractivity contribution in [2.75, 3.05) is 6.61 Å². The number of rotatable bonds is 2. The van der Waals surface area contributed by atoms with Crippen LogP contribution in [0.25, 0.3) is 0 Å². The van der Waals surface area contributed by atoms with Crippen LogP contribution < -0.4 is 0 Å². The van der Waals surface area contributed by atoms with E-state index in [1.807, 2.05) is 0 Å². The molecule has 0 bridgehead atoms. The zero-order chi connectivity index (χ0) is 9.97. The second-order valence-corrected chi connectivity index (χ2v) is 2.95. The van der Waals surface area contributed by atoms with E-state index in [0.29, 0.717) is 6.61 Å². The first kappa shape index (κ1) is 9.02. The molecule has 14 heavy (non-hydrogen) atoms. The van der Waals surface area contributed by atoms with Gasteiger partial charge >= 0.3 is 0 Å². The Morgan fingerprint density at radius 2 is 2.36 bits per heavy atom. The Bertz CT molecular complexity index is 390. The van der Waals surface area contributed by atoms with Gasteiger partial charge in [0.25, 0.3) is 0 Å². The molecule has 2 rings (SSSR count). The molecule has 0 amide bonds. The third-order valence-electron chi connectivity index (χ3n) is 2.10. The van der Waals surface area contributed by atoms with Gasteiger partial charge in [-0.25, -0.2) is 4.39 Å². The van der Waals surface area contributed by atoms with E-state index in [-0.39, 0.29) is 11.3 Å².